The van der Waals surface area contributed by atoms with Gasteiger partial charge in [-0.2, -0.15) is 4.31 Å². The van der Waals surface area contributed by atoms with Crippen LogP contribution < -0.4 is 4.87 Å². The Balaban J connectivity index is 1.44. The Hall–Kier alpha value is -2.20. The molecule has 1 aromatic heterocycles. The summed E-state index contributed by atoms with van der Waals surface area (Å²) in [5.41, 5.74) is 1.58. The first-order chi connectivity index (χ1) is 14.3. The van der Waals surface area contributed by atoms with E-state index in [1.54, 1.807) is 36.2 Å². The van der Waals surface area contributed by atoms with Crippen molar-refractivity contribution < 1.29 is 13.2 Å². The summed E-state index contributed by atoms with van der Waals surface area (Å²) in [4.78, 5) is 26.1. The minimum Gasteiger partial charge on any atom is -0.340 e. The molecule has 2 aromatic carbocycles. The van der Waals surface area contributed by atoms with Crippen molar-refractivity contribution in [2.24, 2.45) is 7.05 Å². The Morgan fingerprint density at radius 2 is 1.73 bits per heavy atom. The quantitative estimate of drug-likeness (QED) is 0.592. The zero-order valence-corrected chi connectivity index (χ0v) is 18.6. The molecular weight excluding hydrogens is 446 g/mol. The van der Waals surface area contributed by atoms with Gasteiger partial charge in [0, 0.05) is 38.2 Å². The van der Waals surface area contributed by atoms with E-state index in [4.69, 9.17) is 11.6 Å². The molecule has 0 radical (unpaired) electrons. The molecule has 4 rings (SSSR count). The van der Waals surface area contributed by atoms with Gasteiger partial charge in [0.2, 0.25) is 15.9 Å². The van der Waals surface area contributed by atoms with Crippen LogP contribution in [0.5, 0.6) is 0 Å². The van der Waals surface area contributed by atoms with Crippen LogP contribution in [0.1, 0.15) is 5.56 Å². The highest BCUT2D eigenvalue weighted by atomic mass is 35.5. The minimum absolute atomic E-state index is 0.0372. The van der Waals surface area contributed by atoms with Gasteiger partial charge in [0.25, 0.3) is 0 Å². The monoisotopic (exact) mass is 465 g/mol. The van der Waals surface area contributed by atoms with Crippen LogP contribution in [-0.2, 0) is 28.3 Å². The van der Waals surface area contributed by atoms with Crippen LogP contribution in [0.15, 0.2) is 52.2 Å². The summed E-state index contributed by atoms with van der Waals surface area (Å²) in [6.45, 7) is 1.15. The van der Waals surface area contributed by atoms with Crippen LogP contribution in [0.3, 0.4) is 0 Å². The van der Waals surface area contributed by atoms with Gasteiger partial charge >= 0.3 is 4.87 Å². The first-order valence-electron chi connectivity index (χ1n) is 9.37. The van der Waals surface area contributed by atoms with Crippen LogP contribution >= 0.6 is 22.9 Å². The molecular formula is C20H20ClN3O4S2. The first-order valence-corrected chi connectivity index (χ1v) is 12.0. The number of aryl methyl sites for hydroxylation is 1. The number of hydrogen-bond acceptors (Lipinski definition) is 5. The number of thiazole rings is 1. The third-order valence-electron chi connectivity index (χ3n) is 5.26. The fourth-order valence-corrected chi connectivity index (χ4v) is 6.06. The lowest BCUT2D eigenvalue weighted by Gasteiger charge is -2.34. The summed E-state index contributed by atoms with van der Waals surface area (Å²) in [6.07, 6.45) is 0.257. The molecule has 30 heavy (non-hydrogen) atoms. The van der Waals surface area contributed by atoms with Crippen LogP contribution in [-0.4, -0.2) is 54.3 Å². The van der Waals surface area contributed by atoms with Crippen LogP contribution in [0.25, 0.3) is 10.2 Å². The van der Waals surface area contributed by atoms with E-state index in [9.17, 15) is 18.0 Å². The maximum absolute atomic E-state index is 13.1. The maximum atomic E-state index is 13.1. The topological polar surface area (TPSA) is 79.7 Å². The number of sulfonamides is 1. The van der Waals surface area contributed by atoms with E-state index in [2.05, 4.69) is 0 Å². The number of carbonyl (C=O) groups excluding carboxylic acids is 1. The molecule has 1 aliphatic heterocycles. The zero-order valence-electron chi connectivity index (χ0n) is 16.2. The Labute approximate surface area is 183 Å². The Morgan fingerprint density at radius 1 is 1.07 bits per heavy atom. The van der Waals surface area contributed by atoms with Crippen molar-refractivity contribution in [2.45, 2.75) is 11.3 Å². The highest BCUT2D eigenvalue weighted by molar-refractivity contribution is 7.89. The van der Waals surface area contributed by atoms with Crippen molar-refractivity contribution in [1.29, 1.82) is 0 Å². The van der Waals surface area contributed by atoms with Crippen molar-refractivity contribution in [2.75, 3.05) is 26.2 Å². The number of nitrogens with zero attached hydrogens (tertiary/aromatic N) is 3. The molecule has 1 aliphatic rings. The Morgan fingerprint density at radius 3 is 2.40 bits per heavy atom. The van der Waals surface area contributed by atoms with Gasteiger partial charge < -0.3 is 9.47 Å². The van der Waals surface area contributed by atoms with Gasteiger partial charge in [-0.1, -0.05) is 35.1 Å². The summed E-state index contributed by atoms with van der Waals surface area (Å²) in [5, 5.41) is 0.617. The number of carbonyl (C=O) groups is 1. The molecule has 0 saturated carbocycles. The van der Waals surface area contributed by atoms with Crippen molar-refractivity contribution in [3.8, 4) is 0 Å². The number of rotatable bonds is 4. The number of piperazine rings is 1. The van der Waals surface area contributed by atoms with E-state index < -0.39 is 10.0 Å². The lowest BCUT2D eigenvalue weighted by molar-refractivity contribution is -0.131. The average Bonchev–Trinajstić information content (AvgIpc) is 3.03. The van der Waals surface area contributed by atoms with Crippen LogP contribution in [0, 0.1) is 0 Å². The van der Waals surface area contributed by atoms with Gasteiger partial charge in [0.05, 0.1) is 21.5 Å². The Bertz CT molecular complexity index is 1260. The van der Waals surface area contributed by atoms with Crippen LogP contribution in [0.2, 0.25) is 5.02 Å². The molecule has 1 saturated heterocycles. The normalized spacial score (nSPS) is 15.6. The van der Waals surface area contributed by atoms with Gasteiger partial charge in [-0.05, 0) is 35.9 Å². The molecule has 0 unspecified atom stereocenters. The summed E-state index contributed by atoms with van der Waals surface area (Å²) in [6, 6.07) is 11.9. The smallest absolute Gasteiger partial charge is 0.307 e. The molecule has 7 nitrogen and oxygen atoms in total. The van der Waals surface area contributed by atoms with E-state index in [0.29, 0.717) is 28.3 Å². The first kappa shape index (κ1) is 21.0. The fourth-order valence-electron chi connectivity index (χ4n) is 3.49. The fraction of sp³-hybridized carbons (Fsp3) is 0.300. The lowest BCUT2D eigenvalue weighted by Crippen LogP contribution is -2.50. The molecule has 10 heteroatoms. The number of aromatic nitrogens is 1. The van der Waals surface area contributed by atoms with E-state index >= 15 is 0 Å². The minimum atomic E-state index is -3.69. The van der Waals surface area contributed by atoms with Gasteiger partial charge in [-0.15, -0.1) is 0 Å². The summed E-state index contributed by atoms with van der Waals surface area (Å²) in [5.74, 6) is -0.0372. The van der Waals surface area contributed by atoms with Crippen molar-refractivity contribution in [1.82, 2.24) is 13.8 Å². The lowest BCUT2D eigenvalue weighted by atomic mass is 10.1. The molecule has 3 aromatic rings. The van der Waals surface area contributed by atoms with Crippen molar-refractivity contribution >= 4 is 49.1 Å². The predicted molar refractivity (Wildman–Crippen MR) is 118 cm³/mol. The molecule has 0 spiro atoms. The van der Waals surface area contributed by atoms with Gasteiger partial charge in [-0.3, -0.25) is 9.59 Å². The highest BCUT2D eigenvalue weighted by Crippen LogP contribution is 2.24. The number of hydrogen-bond donors (Lipinski definition) is 0. The summed E-state index contributed by atoms with van der Waals surface area (Å²) >= 11 is 6.90. The van der Waals surface area contributed by atoms with E-state index in [1.165, 1.54) is 14.9 Å². The molecule has 0 bridgehead atoms. The molecule has 1 amide bonds. The number of amides is 1. The van der Waals surface area contributed by atoms with Crippen LogP contribution in [0.4, 0.5) is 0 Å². The van der Waals surface area contributed by atoms with E-state index in [0.717, 1.165) is 16.9 Å². The largest absolute Gasteiger partial charge is 0.340 e. The molecule has 2 heterocycles. The van der Waals surface area contributed by atoms with Crippen molar-refractivity contribution in [3.05, 3.63) is 62.7 Å². The number of fused-ring (bicyclic) bond motifs is 1. The Kier molecular flexibility index (Phi) is 5.71. The molecule has 0 aliphatic carbocycles. The summed E-state index contributed by atoms with van der Waals surface area (Å²) in [7, 11) is -2.03. The second-order valence-electron chi connectivity index (χ2n) is 7.14. The SMILES string of the molecule is Cn1c(=O)sc2cc(S(=O)(=O)N3CCN(C(=O)Cc4ccc(Cl)cc4)CC3)ccc21. The van der Waals surface area contributed by atoms with E-state index in [1.807, 2.05) is 12.1 Å². The van der Waals surface area contributed by atoms with Gasteiger partial charge in [0.1, 0.15) is 0 Å². The number of halogens is 1. The second kappa shape index (κ2) is 8.14. The number of benzene rings is 2. The third-order valence-corrected chi connectivity index (χ3v) is 8.40. The molecule has 158 valence electrons. The van der Waals surface area contributed by atoms with Gasteiger partial charge in [0.15, 0.2) is 0 Å². The second-order valence-corrected chi connectivity index (χ2v) is 10.5. The zero-order chi connectivity index (χ0) is 21.5. The molecule has 1 fully saturated rings. The summed E-state index contributed by atoms with van der Waals surface area (Å²) < 4.78 is 29.6. The predicted octanol–water partition coefficient (Wildman–Crippen LogP) is 2.33. The highest BCUT2D eigenvalue weighted by Gasteiger charge is 2.30. The van der Waals surface area contributed by atoms with Crippen molar-refractivity contribution in [3.63, 3.8) is 0 Å². The van der Waals surface area contributed by atoms with Gasteiger partial charge in [-0.25, -0.2) is 8.42 Å². The van der Waals surface area contributed by atoms with E-state index in [-0.39, 0.29) is 35.2 Å². The standard InChI is InChI=1S/C20H20ClN3O4S2/c1-22-17-7-6-16(13-18(17)29-20(22)26)30(27,28)24-10-8-23(9-11-24)19(25)12-14-2-4-15(21)5-3-14/h2-7,13H,8-12H2,1H3. The average molecular weight is 466 g/mol. The third kappa shape index (κ3) is 4.02. The molecule has 0 atom stereocenters. The molecule has 0 N–H and O–H groups in total. The maximum Gasteiger partial charge on any atom is 0.307 e.